The lowest BCUT2D eigenvalue weighted by atomic mass is 10.1. The molecule has 1 heterocycles. The molecule has 0 fully saturated rings. The Morgan fingerprint density at radius 2 is 1.95 bits per heavy atom. The summed E-state index contributed by atoms with van der Waals surface area (Å²) in [6.07, 6.45) is 5.86. The number of carbonyl (C=O) groups excluding carboxylic acids is 1. The first-order valence-electron chi connectivity index (χ1n) is 7.50. The van der Waals surface area contributed by atoms with Gasteiger partial charge >= 0.3 is 5.97 Å². The molecule has 0 aliphatic carbocycles. The fourth-order valence-corrected chi connectivity index (χ4v) is 2.17. The average molecular weight is 308 g/mol. The molecule has 0 aliphatic rings. The van der Waals surface area contributed by atoms with E-state index in [1.54, 1.807) is 0 Å². The van der Waals surface area contributed by atoms with Gasteiger partial charge in [-0.15, -0.1) is 0 Å². The Labute approximate surface area is 128 Å². The van der Waals surface area contributed by atoms with Crippen molar-refractivity contribution >= 4 is 17.0 Å². The van der Waals surface area contributed by atoms with Crippen molar-refractivity contribution in [2.45, 2.75) is 38.5 Å². The summed E-state index contributed by atoms with van der Waals surface area (Å²) >= 11 is 0. The van der Waals surface area contributed by atoms with E-state index in [1.165, 1.54) is 18.2 Å². The number of aliphatic hydroxyl groups is 1. The van der Waals surface area contributed by atoms with Gasteiger partial charge in [-0.1, -0.05) is 25.7 Å². The highest BCUT2D eigenvalue weighted by Gasteiger charge is 2.14. The number of aliphatic hydroxyl groups excluding tert-OH is 1. The molecule has 0 saturated carbocycles. The Balaban J connectivity index is 1.70. The van der Waals surface area contributed by atoms with Gasteiger partial charge in [0.1, 0.15) is 0 Å². The van der Waals surface area contributed by atoms with Crippen LogP contribution in [0.2, 0.25) is 0 Å². The van der Waals surface area contributed by atoms with E-state index >= 15 is 0 Å². The number of fused-ring (bicyclic) bond motifs is 1. The van der Waals surface area contributed by atoms with Crippen LogP contribution in [0.5, 0.6) is 0 Å². The van der Waals surface area contributed by atoms with Gasteiger partial charge in [0.25, 0.3) is 0 Å². The zero-order valence-corrected chi connectivity index (χ0v) is 12.4. The molecule has 2 rings (SSSR count). The number of aromatic nitrogens is 2. The molecule has 1 aromatic carbocycles. The van der Waals surface area contributed by atoms with Gasteiger partial charge in [-0.3, -0.25) is 4.63 Å². The van der Waals surface area contributed by atoms with Crippen LogP contribution in [0.4, 0.5) is 0 Å². The van der Waals surface area contributed by atoms with E-state index in [-0.39, 0.29) is 12.1 Å². The van der Waals surface area contributed by atoms with Crippen LogP contribution in [0.15, 0.2) is 22.8 Å². The van der Waals surface area contributed by atoms with Crippen molar-refractivity contribution in [1.29, 1.82) is 0 Å². The molecule has 0 aliphatic heterocycles. The fraction of sp³-hybridized carbons (Fsp3) is 0.533. The average Bonchev–Trinajstić information content (AvgIpc) is 2.90. The molecule has 1 aromatic heterocycles. The highest BCUT2D eigenvalue weighted by Crippen LogP contribution is 2.12. The molecular formula is C15H20N2O5. The number of carbonyl (C=O) groups is 1. The normalized spacial score (nSPS) is 11.0. The summed E-state index contributed by atoms with van der Waals surface area (Å²) in [5.74, 6) is -0.428. The Kier molecular flexibility index (Phi) is 6.14. The summed E-state index contributed by atoms with van der Waals surface area (Å²) in [6.45, 7) is 0.622. The summed E-state index contributed by atoms with van der Waals surface area (Å²) in [6, 6.07) is 4.48. The lowest BCUT2D eigenvalue weighted by molar-refractivity contribution is -0.782. The molecule has 0 spiro atoms. The van der Waals surface area contributed by atoms with Gasteiger partial charge in [0, 0.05) is 17.8 Å². The predicted octanol–water partition coefficient (Wildman–Crippen LogP) is 1.95. The Morgan fingerprint density at radius 3 is 2.73 bits per heavy atom. The third-order valence-electron chi connectivity index (χ3n) is 3.41. The number of ether oxygens (including phenoxy) is 1. The first kappa shape index (κ1) is 16.2. The monoisotopic (exact) mass is 308 g/mol. The van der Waals surface area contributed by atoms with Gasteiger partial charge in [0.2, 0.25) is 11.0 Å². The fourth-order valence-electron chi connectivity index (χ4n) is 2.17. The lowest BCUT2D eigenvalue weighted by Gasteiger charge is -2.04. The molecule has 0 radical (unpaired) electrons. The van der Waals surface area contributed by atoms with Crippen LogP contribution >= 0.6 is 0 Å². The van der Waals surface area contributed by atoms with Crippen LogP contribution in [-0.2, 0) is 4.74 Å². The van der Waals surface area contributed by atoms with Crippen LogP contribution in [0.3, 0.4) is 0 Å². The maximum Gasteiger partial charge on any atom is 0.338 e. The van der Waals surface area contributed by atoms with Crippen LogP contribution in [0, 0.1) is 5.21 Å². The van der Waals surface area contributed by atoms with Gasteiger partial charge < -0.3 is 15.1 Å². The van der Waals surface area contributed by atoms with Crippen LogP contribution in [0.25, 0.3) is 11.0 Å². The number of esters is 1. The molecule has 1 N–H and O–H groups in total. The van der Waals surface area contributed by atoms with Crippen molar-refractivity contribution in [3.63, 3.8) is 0 Å². The molecule has 22 heavy (non-hydrogen) atoms. The number of hydrogen-bond acceptors (Lipinski definition) is 6. The minimum absolute atomic E-state index is 0.250. The molecule has 120 valence electrons. The molecule has 0 saturated heterocycles. The molecule has 0 atom stereocenters. The molecule has 0 bridgehead atoms. The smallest absolute Gasteiger partial charge is 0.338 e. The molecular weight excluding hydrogens is 288 g/mol. The summed E-state index contributed by atoms with van der Waals surface area (Å²) in [5, 5.41) is 23.4. The van der Waals surface area contributed by atoms with E-state index < -0.39 is 5.97 Å². The zero-order valence-electron chi connectivity index (χ0n) is 12.4. The van der Waals surface area contributed by atoms with E-state index in [0.29, 0.717) is 22.6 Å². The summed E-state index contributed by atoms with van der Waals surface area (Å²) in [4.78, 5) is 12.2. The zero-order chi connectivity index (χ0) is 15.8. The van der Waals surface area contributed by atoms with Crippen molar-refractivity contribution in [2.75, 3.05) is 13.2 Å². The first-order valence-corrected chi connectivity index (χ1v) is 7.50. The number of hydrogen-bond donors (Lipinski definition) is 1. The van der Waals surface area contributed by atoms with Gasteiger partial charge in [-0.05, 0) is 29.9 Å². The molecule has 0 amide bonds. The third-order valence-corrected chi connectivity index (χ3v) is 3.41. The van der Waals surface area contributed by atoms with Crippen LogP contribution < -0.4 is 4.90 Å². The van der Waals surface area contributed by atoms with Gasteiger partial charge in [0.15, 0.2) is 0 Å². The van der Waals surface area contributed by atoms with Crippen molar-refractivity contribution < 1.29 is 24.2 Å². The van der Waals surface area contributed by atoms with Gasteiger partial charge in [-0.25, -0.2) is 4.79 Å². The Bertz CT molecular complexity index is 611. The van der Waals surface area contributed by atoms with E-state index in [4.69, 9.17) is 9.84 Å². The summed E-state index contributed by atoms with van der Waals surface area (Å²) < 4.78 is 9.64. The standard InChI is InChI=1S/C15H20N2O5/c18-9-5-3-1-2-4-6-10-21-15(19)12-7-8-14-13(11-12)16-22-17(14)20/h7-8,11,18H,1-6,9-10H2. The summed E-state index contributed by atoms with van der Waals surface area (Å²) in [7, 11) is 0. The van der Waals surface area contributed by atoms with E-state index in [2.05, 4.69) is 9.79 Å². The number of rotatable bonds is 9. The Morgan fingerprint density at radius 1 is 1.23 bits per heavy atom. The molecule has 7 nitrogen and oxygen atoms in total. The van der Waals surface area contributed by atoms with E-state index in [0.717, 1.165) is 38.5 Å². The van der Waals surface area contributed by atoms with Crippen molar-refractivity contribution in [2.24, 2.45) is 0 Å². The van der Waals surface area contributed by atoms with Crippen molar-refractivity contribution in [3.05, 3.63) is 29.0 Å². The predicted molar refractivity (Wildman–Crippen MR) is 78.0 cm³/mol. The highest BCUT2D eigenvalue weighted by atomic mass is 16.8. The van der Waals surface area contributed by atoms with Crippen LogP contribution in [-0.4, -0.2) is 29.4 Å². The molecule has 0 unspecified atom stereocenters. The number of unbranched alkanes of at least 4 members (excludes halogenated alkanes) is 5. The molecule has 2 aromatic rings. The highest BCUT2D eigenvalue weighted by molar-refractivity contribution is 5.92. The maximum atomic E-state index is 11.9. The maximum absolute atomic E-state index is 11.9. The second-order valence-corrected chi connectivity index (χ2v) is 5.11. The van der Waals surface area contributed by atoms with Crippen molar-refractivity contribution in [1.82, 2.24) is 5.16 Å². The van der Waals surface area contributed by atoms with E-state index in [9.17, 15) is 10.0 Å². The van der Waals surface area contributed by atoms with Crippen molar-refractivity contribution in [3.8, 4) is 0 Å². The minimum Gasteiger partial charge on any atom is -0.462 e. The molecule has 7 heteroatoms. The lowest BCUT2D eigenvalue weighted by Crippen LogP contribution is -2.22. The SMILES string of the molecule is O=C(OCCCCCCCCO)c1ccc2c(c1)no[n+]2[O-]. The topological polar surface area (TPSA) is 99.5 Å². The second-order valence-electron chi connectivity index (χ2n) is 5.11. The number of nitrogens with zero attached hydrogens (tertiary/aromatic N) is 2. The Hall–Kier alpha value is -2.15. The second kappa shape index (κ2) is 8.33. The largest absolute Gasteiger partial charge is 0.462 e. The van der Waals surface area contributed by atoms with E-state index in [1.807, 2.05) is 0 Å². The quantitative estimate of drug-likeness (QED) is 0.432. The summed E-state index contributed by atoms with van der Waals surface area (Å²) in [5.41, 5.74) is 0.956. The van der Waals surface area contributed by atoms with Crippen LogP contribution in [0.1, 0.15) is 48.9 Å². The van der Waals surface area contributed by atoms with Gasteiger partial charge in [-0.2, -0.15) is 0 Å². The minimum atomic E-state index is -0.428. The number of benzene rings is 1. The first-order chi connectivity index (χ1) is 10.7. The third kappa shape index (κ3) is 4.42. The van der Waals surface area contributed by atoms with Gasteiger partial charge in [0.05, 0.1) is 12.2 Å².